The number of nitrogens with zero attached hydrogens (tertiary/aromatic N) is 2. The lowest BCUT2D eigenvalue weighted by Gasteiger charge is -2.33. The summed E-state index contributed by atoms with van der Waals surface area (Å²) in [5.41, 5.74) is 9.13. The van der Waals surface area contributed by atoms with Crippen molar-refractivity contribution in [2.45, 2.75) is 45.2 Å². The van der Waals surface area contributed by atoms with Gasteiger partial charge in [-0.05, 0) is 61.2 Å². The molecular formula is C30H35N5O. The van der Waals surface area contributed by atoms with Crippen molar-refractivity contribution in [3.8, 4) is 0 Å². The minimum Gasteiger partial charge on any atom is -0.384 e. The second-order valence-electron chi connectivity index (χ2n) is 9.93. The van der Waals surface area contributed by atoms with Crippen molar-refractivity contribution < 1.29 is 4.79 Å². The molecule has 1 atom stereocenters. The molecule has 6 heteroatoms. The van der Waals surface area contributed by atoms with Crippen LogP contribution in [0.3, 0.4) is 0 Å². The minimum absolute atomic E-state index is 0.0211. The highest BCUT2D eigenvalue weighted by molar-refractivity contribution is 6.02. The van der Waals surface area contributed by atoms with E-state index in [4.69, 9.17) is 11.1 Å². The molecule has 186 valence electrons. The van der Waals surface area contributed by atoms with Crippen LogP contribution < -0.4 is 11.1 Å². The predicted octanol–water partition coefficient (Wildman–Crippen LogP) is 5.12. The molecule has 1 aromatic heterocycles. The van der Waals surface area contributed by atoms with Gasteiger partial charge in [-0.25, -0.2) is 0 Å². The van der Waals surface area contributed by atoms with Crippen LogP contribution in [0.25, 0.3) is 21.7 Å². The van der Waals surface area contributed by atoms with Crippen molar-refractivity contribution in [3.05, 3.63) is 83.6 Å². The molecule has 1 amide bonds. The third-order valence-electron chi connectivity index (χ3n) is 7.50. The second kappa shape index (κ2) is 10.5. The van der Waals surface area contributed by atoms with Gasteiger partial charge in [-0.15, -0.1) is 0 Å². The monoisotopic (exact) mass is 481 g/mol. The third kappa shape index (κ3) is 5.00. The van der Waals surface area contributed by atoms with Gasteiger partial charge >= 0.3 is 0 Å². The molecule has 0 bridgehead atoms. The van der Waals surface area contributed by atoms with E-state index < -0.39 is 0 Å². The van der Waals surface area contributed by atoms with Crippen molar-refractivity contribution in [1.82, 2.24) is 14.8 Å². The Morgan fingerprint density at radius 2 is 1.89 bits per heavy atom. The number of nitrogens with one attached hydrogen (secondary N) is 2. The van der Waals surface area contributed by atoms with Gasteiger partial charge < -0.3 is 20.5 Å². The van der Waals surface area contributed by atoms with Crippen LogP contribution in [0.15, 0.2) is 66.7 Å². The normalized spacial score (nSPS) is 16.4. The van der Waals surface area contributed by atoms with Gasteiger partial charge in [0.1, 0.15) is 11.5 Å². The van der Waals surface area contributed by atoms with E-state index in [1.165, 1.54) is 30.0 Å². The zero-order valence-electron chi connectivity index (χ0n) is 21.0. The summed E-state index contributed by atoms with van der Waals surface area (Å²) in [6.07, 6.45) is 4.80. The Hall–Kier alpha value is -3.64. The predicted molar refractivity (Wildman–Crippen MR) is 148 cm³/mol. The van der Waals surface area contributed by atoms with Crippen molar-refractivity contribution >= 4 is 33.4 Å². The molecule has 2 heterocycles. The van der Waals surface area contributed by atoms with Crippen LogP contribution >= 0.6 is 0 Å². The molecule has 0 saturated carbocycles. The van der Waals surface area contributed by atoms with Crippen LogP contribution in [0.4, 0.5) is 0 Å². The molecule has 1 saturated heterocycles. The van der Waals surface area contributed by atoms with Gasteiger partial charge in [-0.3, -0.25) is 10.2 Å². The summed E-state index contributed by atoms with van der Waals surface area (Å²) in [7, 11) is 0. The lowest BCUT2D eigenvalue weighted by molar-refractivity contribution is 0.0940. The van der Waals surface area contributed by atoms with Crippen LogP contribution in [0, 0.1) is 5.41 Å². The summed E-state index contributed by atoms with van der Waals surface area (Å²) < 4.78 is 2.06. The van der Waals surface area contributed by atoms with Gasteiger partial charge in [0.15, 0.2) is 0 Å². The maximum absolute atomic E-state index is 13.4. The zero-order valence-corrected chi connectivity index (χ0v) is 21.0. The van der Waals surface area contributed by atoms with Gasteiger partial charge in [0.2, 0.25) is 0 Å². The molecule has 5 rings (SSSR count). The topological polar surface area (TPSA) is 87.1 Å². The summed E-state index contributed by atoms with van der Waals surface area (Å²) in [4.78, 5) is 15.9. The summed E-state index contributed by atoms with van der Waals surface area (Å²) in [6.45, 7) is 5.69. The highest BCUT2D eigenvalue weighted by Gasteiger charge is 2.19. The molecule has 1 aliphatic heterocycles. The Balaban J connectivity index is 1.41. The molecule has 1 unspecified atom stereocenters. The van der Waals surface area contributed by atoms with E-state index in [2.05, 4.69) is 52.0 Å². The number of likely N-dealkylation sites (tertiary alicyclic amines) is 1. The first-order chi connectivity index (χ1) is 17.5. The number of aromatic nitrogens is 1. The number of rotatable bonds is 8. The maximum Gasteiger partial charge on any atom is 0.267 e. The summed E-state index contributed by atoms with van der Waals surface area (Å²) >= 11 is 0. The van der Waals surface area contributed by atoms with Crippen molar-refractivity contribution in [3.63, 3.8) is 0 Å². The first-order valence-electron chi connectivity index (χ1n) is 13.0. The Morgan fingerprint density at radius 1 is 1.06 bits per heavy atom. The molecule has 1 fully saturated rings. The number of carbonyl (C=O) groups excluding carboxylic acids is 1. The lowest BCUT2D eigenvalue weighted by Crippen LogP contribution is -2.39. The number of hydrogen-bond acceptors (Lipinski definition) is 3. The summed E-state index contributed by atoms with van der Waals surface area (Å²) in [5.74, 6) is -0.0461. The average Bonchev–Trinajstić information content (AvgIpc) is 3.25. The Labute approximate surface area is 212 Å². The van der Waals surface area contributed by atoms with Crippen LogP contribution in [0.5, 0.6) is 0 Å². The molecule has 0 spiro atoms. The van der Waals surface area contributed by atoms with E-state index in [0.717, 1.165) is 36.0 Å². The summed E-state index contributed by atoms with van der Waals surface area (Å²) in [5, 5.41) is 14.4. The number of hydrogen-bond donors (Lipinski definition) is 3. The number of amidine groups is 1. The number of benzene rings is 3. The molecule has 0 radical (unpaired) electrons. The third-order valence-corrected chi connectivity index (χ3v) is 7.50. The molecule has 3 aromatic carbocycles. The standard InChI is InChI=1S/C30H35N5O/c1-21-8-4-5-16-34(21)17-7-15-33-30(36)28-18-23-13-14-24(29(31)32)19-27(23)35(28)20-25-11-6-10-22-9-2-3-12-26(22)25/h2-3,6,9-14,18-19,21H,4-5,7-8,15-17,20H2,1H3,(H3,31,32)(H,33,36). The SMILES string of the molecule is CC1CCCCN1CCCNC(=O)c1cc2ccc(C(=N)N)cc2n1Cc1cccc2ccccc12. The smallest absolute Gasteiger partial charge is 0.267 e. The number of nitrogens with two attached hydrogens (primary N) is 1. The van der Waals surface area contributed by atoms with E-state index >= 15 is 0 Å². The molecule has 6 nitrogen and oxygen atoms in total. The number of carbonyl (C=O) groups is 1. The van der Waals surface area contributed by atoms with E-state index in [1.807, 2.05) is 36.4 Å². The quantitative estimate of drug-likeness (QED) is 0.185. The first kappa shape index (κ1) is 24.1. The number of piperidine rings is 1. The minimum atomic E-state index is -0.0671. The fraction of sp³-hybridized carbons (Fsp3) is 0.333. The van der Waals surface area contributed by atoms with Gasteiger partial charge in [0.05, 0.1) is 0 Å². The van der Waals surface area contributed by atoms with E-state index in [1.54, 1.807) is 0 Å². The van der Waals surface area contributed by atoms with Crippen molar-refractivity contribution in [2.24, 2.45) is 5.73 Å². The molecule has 4 aromatic rings. The first-order valence-corrected chi connectivity index (χ1v) is 13.0. The van der Waals surface area contributed by atoms with Gasteiger partial charge in [-0.2, -0.15) is 0 Å². The van der Waals surface area contributed by atoms with Gasteiger partial charge in [0.25, 0.3) is 5.91 Å². The van der Waals surface area contributed by atoms with E-state index in [0.29, 0.717) is 30.4 Å². The maximum atomic E-state index is 13.4. The Morgan fingerprint density at radius 3 is 2.72 bits per heavy atom. The molecule has 0 aliphatic carbocycles. The van der Waals surface area contributed by atoms with Gasteiger partial charge in [0, 0.05) is 42.1 Å². The average molecular weight is 482 g/mol. The van der Waals surface area contributed by atoms with Crippen LogP contribution in [-0.2, 0) is 6.54 Å². The highest BCUT2D eigenvalue weighted by Crippen LogP contribution is 2.26. The van der Waals surface area contributed by atoms with Crippen molar-refractivity contribution in [1.29, 1.82) is 5.41 Å². The summed E-state index contributed by atoms with van der Waals surface area (Å²) in [6, 6.07) is 22.9. The van der Waals surface area contributed by atoms with Crippen molar-refractivity contribution in [2.75, 3.05) is 19.6 Å². The van der Waals surface area contributed by atoms with Crippen LogP contribution in [0.2, 0.25) is 0 Å². The number of fused-ring (bicyclic) bond motifs is 2. The molecular weight excluding hydrogens is 446 g/mol. The van der Waals surface area contributed by atoms with E-state index in [-0.39, 0.29) is 11.7 Å². The molecule has 36 heavy (non-hydrogen) atoms. The molecule has 1 aliphatic rings. The molecule has 4 N–H and O–H groups in total. The Kier molecular flexibility index (Phi) is 7.05. The fourth-order valence-electron chi connectivity index (χ4n) is 5.45. The number of amides is 1. The number of nitrogen functional groups attached to an aromatic ring is 1. The van der Waals surface area contributed by atoms with Crippen LogP contribution in [-0.4, -0.2) is 46.9 Å². The lowest BCUT2D eigenvalue weighted by atomic mass is 10.0. The fourth-order valence-corrected chi connectivity index (χ4v) is 5.45. The zero-order chi connectivity index (χ0) is 25.1. The van der Waals surface area contributed by atoms with Gasteiger partial charge in [-0.1, -0.05) is 61.0 Å². The van der Waals surface area contributed by atoms with Crippen LogP contribution in [0.1, 0.15) is 54.2 Å². The highest BCUT2D eigenvalue weighted by atomic mass is 16.1. The largest absolute Gasteiger partial charge is 0.384 e. The van der Waals surface area contributed by atoms with E-state index in [9.17, 15) is 4.79 Å². The Bertz CT molecular complexity index is 1400. The second-order valence-corrected chi connectivity index (χ2v) is 9.93.